The summed E-state index contributed by atoms with van der Waals surface area (Å²) in [6.45, 7) is 1.26. The lowest BCUT2D eigenvalue weighted by molar-refractivity contribution is 0.0792. The molecule has 3 aromatic heterocycles. The van der Waals surface area contributed by atoms with Crippen LogP contribution in [0.1, 0.15) is 21.6 Å². The minimum atomic E-state index is -2.56. The monoisotopic (exact) mass is 386 g/mol. The molecule has 0 atom stereocenters. The summed E-state index contributed by atoms with van der Waals surface area (Å²) in [6, 6.07) is 5.29. The van der Waals surface area contributed by atoms with Gasteiger partial charge in [-0.1, -0.05) is 0 Å². The Kier molecular flexibility index (Phi) is 5.74. The van der Waals surface area contributed by atoms with Gasteiger partial charge in [-0.3, -0.25) is 14.5 Å². The minimum Gasteiger partial charge on any atom is -0.471 e. The van der Waals surface area contributed by atoms with Crippen LogP contribution in [0.25, 0.3) is 10.9 Å². The largest absolute Gasteiger partial charge is 0.471 e. The molecule has 0 aliphatic rings. The molecule has 8 nitrogen and oxygen atoms in total. The second-order valence-electron chi connectivity index (χ2n) is 5.93. The Morgan fingerprint density at radius 1 is 1.43 bits per heavy atom. The maximum atomic E-state index is 12.3. The molecule has 144 valence electrons. The number of hydrogen-bond acceptors (Lipinski definition) is 6. The highest BCUT2D eigenvalue weighted by molar-refractivity contribution is 6.04. The number of aryl methyl sites for hydroxylation is 1. The van der Waals surface area contributed by atoms with Crippen molar-refractivity contribution in [2.45, 2.75) is 19.9 Å². The van der Waals surface area contributed by atoms with Crippen molar-refractivity contribution in [1.82, 2.24) is 25.1 Å². The Hall–Kier alpha value is -3.61. The highest BCUT2D eigenvalue weighted by Crippen LogP contribution is 2.19. The quantitative estimate of drug-likeness (QED) is 0.623. The number of halogens is 2. The molecular weight excluding hydrogens is 370 g/mol. The van der Waals surface area contributed by atoms with Gasteiger partial charge >= 0.3 is 0 Å². The zero-order valence-electron chi connectivity index (χ0n) is 14.9. The Bertz CT molecular complexity index is 1040. The first-order chi connectivity index (χ1) is 13.5. The normalized spacial score (nSPS) is 10.8. The van der Waals surface area contributed by atoms with E-state index in [0.29, 0.717) is 23.0 Å². The summed E-state index contributed by atoms with van der Waals surface area (Å²) in [6.07, 6.45) is 2.12. The second kappa shape index (κ2) is 8.39. The molecular formula is C18H16F2N6O2. The summed E-state index contributed by atoms with van der Waals surface area (Å²) in [7, 11) is 0. The number of carbonyl (C=O) groups is 1. The maximum Gasteiger partial charge on any atom is 0.272 e. The molecule has 0 radical (unpaired) electrons. The van der Waals surface area contributed by atoms with Crippen molar-refractivity contribution in [3.63, 3.8) is 0 Å². The highest BCUT2D eigenvalue weighted by Gasteiger charge is 2.14. The number of nitrogens with one attached hydrogen (secondary N) is 1. The molecule has 0 fully saturated rings. The standard InChI is InChI=1S/C18H16F2N6O2/c1-11-6-12(7-24-18(11)28-10-15(19)20)8-26-9-13-14(25-26)2-4-22-16(13)17(27)23-5-3-21/h2,4,6-7,9,15H,5,8,10H2,1H3,(H,23,27). The topological polar surface area (TPSA) is 106 Å². The van der Waals surface area contributed by atoms with Crippen LogP contribution in [-0.4, -0.2) is 45.2 Å². The first-order valence-electron chi connectivity index (χ1n) is 8.31. The van der Waals surface area contributed by atoms with Crippen LogP contribution in [0, 0.1) is 18.3 Å². The lowest BCUT2D eigenvalue weighted by Gasteiger charge is -2.09. The lowest BCUT2D eigenvalue weighted by atomic mass is 10.2. The average Bonchev–Trinajstić information content (AvgIpc) is 3.07. The van der Waals surface area contributed by atoms with Gasteiger partial charge in [0.25, 0.3) is 12.3 Å². The fourth-order valence-electron chi connectivity index (χ4n) is 2.65. The molecule has 0 bridgehead atoms. The number of fused-ring (bicyclic) bond motifs is 1. The van der Waals surface area contributed by atoms with Gasteiger partial charge in [0.15, 0.2) is 6.61 Å². The van der Waals surface area contributed by atoms with Gasteiger partial charge in [0.1, 0.15) is 12.2 Å². The number of hydrogen-bond donors (Lipinski definition) is 1. The zero-order valence-corrected chi connectivity index (χ0v) is 14.9. The summed E-state index contributed by atoms with van der Waals surface area (Å²) < 4.78 is 31.1. The molecule has 1 amide bonds. The van der Waals surface area contributed by atoms with Crippen molar-refractivity contribution in [1.29, 1.82) is 5.26 Å². The van der Waals surface area contributed by atoms with E-state index in [1.54, 1.807) is 29.9 Å². The number of amides is 1. The van der Waals surface area contributed by atoms with Gasteiger partial charge in [-0.05, 0) is 24.6 Å². The minimum absolute atomic E-state index is 0.115. The molecule has 3 heterocycles. The van der Waals surface area contributed by atoms with E-state index in [2.05, 4.69) is 20.4 Å². The van der Waals surface area contributed by atoms with E-state index >= 15 is 0 Å². The molecule has 28 heavy (non-hydrogen) atoms. The zero-order chi connectivity index (χ0) is 20.1. The van der Waals surface area contributed by atoms with Gasteiger partial charge in [-0.2, -0.15) is 10.4 Å². The van der Waals surface area contributed by atoms with E-state index < -0.39 is 18.9 Å². The molecule has 0 aliphatic heterocycles. The van der Waals surface area contributed by atoms with Gasteiger partial charge in [0, 0.05) is 24.2 Å². The Balaban J connectivity index is 1.80. The molecule has 0 saturated heterocycles. The van der Waals surface area contributed by atoms with E-state index in [4.69, 9.17) is 10.00 Å². The van der Waals surface area contributed by atoms with Crippen LogP contribution >= 0.6 is 0 Å². The van der Waals surface area contributed by atoms with E-state index in [1.807, 2.05) is 6.07 Å². The number of alkyl halides is 2. The lowest BCUT2D eigenvalue weighted by Crippen LogP contribution is -2.24. The van der Waals surface area contributed by atoms with Gasteiger partial charge in [0.2, 0.25) is 5.88 Å². The maximum absolute atomic E-state index is 12.3. The van der Waals surface area contributed by atoms with E-state index in [-0.39, 0.29) is 18.1 Å². The van der Waals surface area contributed by atoms with Crippen LogP contribution in [-0.2, 0) is 6.54 Å². The van der Waals surface area contributed by atoms with Crippen molar-refractivity contribution in [3.8, 4) is 11.9 Å². The third-order valence-electron chi connectivity index (χ3n) is 3.80. The van der Waals surface area contributed by atoms with Crippen molar-refractivity contribution in [2.75, 3.05) is 13.2 Å². The third-order valence-corrected chi connectivity index (χ3v) is 3.80. The number of aromatic nitrogens is 4. The number of pyridine rings is 2. The van der Waals surface area contributed by atoms with Gasteiger partial charge in [-0.25, -0.2) is 13.8 Å². The van der Waals surface area contributed by atoms with Crippen LogP contribution < -0.4 is 10.1 Å². The smallest absolute Gasteiger partial charge is 0.272 e. The summed E-state index contributed by atoms with van der Waals surface area (Å²) in [5.74, 6) is -0.292. The number of nitriles is 1. The molecule has 0 saturated carbocycles. The SMILES string of the molecule is Cc1cc(Cn2cc3c(C(=O)NCC#N)nccc3n2)cnc1OCC(F)F. The van der Waals surface area contributed by atoms with E-state index in [1.165, 1.54) is 12.4 Å². The number of nitrogens with zero attached hydrogens (tertiary/aromatic N) is 5. The fraction of sp³-hybridized carbons (Fsp3) is 0.278. The molecule has 0 unspecified atom stereocenters. The summed E-state index contributed by atoms with van der Waals surface area (Å²) in [4.78, 5) is 20.3. The predicted octanol–water partition coefficient (Wildman–Crippen LogP) is 2.08. The molecule has 3 aromatic rings. The van der Waals surface area contributed by atoms with Crippen LogP contribution in [0.15, 0.2) is 30.7 Å². The van der Waals surface area contributed by atoms with E-state index in [9.17, 15) is 13.6 Å². The molecule has 3 rings (SSSR count). The predicted molar refractivity (Wildman–Crippen MR) is 95.0 cm³/mol. The molecule has 0 aliphatic carbocycles. The first-order valence-corrected chi connectivity index (χ1v) is 8.31. The van der Waals surface area contributed by atoms with Gasteiger partial charge in [0.05, 0.1) is 23.5 Å². The first kappa shape index (κ1) is 19.2. The highest BCUT2D eigenvalue weighted by atomic mass is 19.3. The average molecular weight is 386 g/mol. The number of rotatable bonds is 7. The number of ether oxygens (including phenoxy) is 1. The van der Waals surface area contributed by atoms with Crippen molar-refractivity contribution >= 4 is 16.8 Å². The number of carbonyl (C=O) groups excluding carboxylic acids is 1. The fourth-order valence-corrected chi connectivity index (χ4v) is 2.65. The summed E-state index contributed by atoms with van der Waals surface area (Å²) in [5.41, 5.74) is 2.19. The van der Waals surface area contributed by atoms with Crippen molar-refractivity contribution < 1.29 is 18.3 Å². The van der Waals surface area contributed by atoms with Crippen molar-refractivity contribution in [3.05, 3.63) is 47.5 Å². The van der Waals surface area contributed by atoms with Crippen LogP contribution in [0.5, 0.6) is 5.88 Å². The molecule has 1 N–H and O–H groups in total. The third kappa shape index (κ3) is 4.37. The van der Waals surface area contributed by atoms with Gasteiger partial charge in [-0.15, -0.1) is 0 Å². The second-order valence-corrected chi connectivity index (χ2v) is 5.93. The summed E-state index contributed by atoms with van der Waals surface area (Å²) in [5, 5.41) is 16.0. The summed E-state index contributed by atoms with van der Waals surface area (Å²) >= 11 is 0. The van der Waals surface area contributed by atoms with Crippen LogP contribution in [0.4, 0.5) is 8.78 Å². The van der Waals surface area contributed by atoms with Crippen LogP contribution in [0.2, 0.25) is 0 Å². The van der Waals surface area contributed by atoms with Crippen molar-refractivity contribution in [2.24, 2.45) is 0 Å². The van der Waals surface area contributed by atoms with E-state index in [0.717, 1.165) is 5.56 Å². The Labute approximate surface area is 158 Å². The van der Waals surface area contributed by atoms with Gasteiger partial charge < -0.3 is 10.1 Å². The molecule has 10 heteroatoms. The van der Waals surface area contributed by atoms with Crippen LogP contribution in [0.3, 0.4) is 0 Å². The Morgan fingerprint density at radius 2 is 2.25 bits per heavy atom. The molecule has 0 spiro atoms. The Morgan fingerprint density at radius 3 is 2.96 bits per heavy atom. The molecule has 0 aromatic carbocycles.